The molecule has 27 heavy (non-hydrogen) atoms. The molecule has 2 aromatic heterocycles. The third kappa shape index (κ3) is 5.89. The zero-order valence-corrected chi connectivity index (χ0v) is 17.8. The van der Waals surface area contributed by atoms with Gasteiger partial charge < -0.3 is 10.1 Å². The molecule has 3 aromatic rings. The van der Waals surface area contributed by atoms with Gasteiger partial charge in [-0.1, -0.05) is 34.9 Å². The fourth-order valence-electron chi connectivity index (χ4n) is 2.03. The predicted molar refractivity (Wildman–Crippen MR) is 111 cm³/mol. The Labute approximate surface area is 172 Å². The number of ether oxygens (including phenoxy) is 1. The van der Waals surface area contributed by atoms with Gasteiger partial charge in [0.05, 0.1) is 28.3 Å². The fraction of sp³-hybridized carbons (Fsp3) is 0.312. The summed E-state index contributed by atoms with van der Waals surface area (Å²) in [5.74, 6) is 0.154. The second-order valence-electron chi connectivity index (χ2n) is 5.18. The maximum Gasteiger partial charge on any atom is 0.316 e. The van der Waals surface area contributed by atoms with Crippen molar-refractivity contribution in [2.45, 2.75) is 22.5 Å². The van der Waals surface area contributed by atoms with Crippen molar-refractivity contribution < 1.29 is 14.3 Å². The van der Waals surface area contributed by atoms with Crippen LogP contribution in [0.1, 0.15) is 11.9 Å². The smallest absolute Gasteiger partial charge is 0.316 e. The number of nitrogens with zero attached hydrogens (tertiary/aromatic N) is 3. The first-order valence-corrected chi connectivity index (χ1v) is 11.6. The molecule has 1 amide bonds. The summed E-state index contributed by atoms with van der Waals surface area (Å²) in [6.07, 6.45) is 0. The van der Waals surface area contributed by atoms with Gasteiger partial charge in [-0.2, -0.15) is 0 Å². The number of rotatable bonds is 8. The molecule has 0 aliphatic heterocycles. The van der Waals surface area contributed by atoms with Crippen molar-refractivity contribution in [2.75, 3.05) is 23.4 Å². The third-order valence-corrected chi connectivity index (χ3v) is 7.21. The Balaban J connectivity index is 1.57. The highest BCUT2D eigenvalue weighted by atomic mass is 32.2. The van der Waals surface area contributed by atoms with Crippen molar-refractivity contribution in [1.82, 2.24) is 15.2 Å². The standard InChI is InChI=1S/C16H16N4O3S4/c1-3-23-14(22)8-25-15-18-11-5-4-10(6-12(11)27-15)17-13(21)7-24-16-20-19-9(2)26-16/h4-6H,3,7-8H2,1-2H3,(H,17,21). The lowest BCUT2D eigenvalue weighted by Gasteiger charge is -2.03. The van der Waals surface area contributed by atoms with Gasteiger partial charge in [-0.3, -0.25) is 9.59 Å². The quantitative estimate of drug-likeness (QED) is 0.417. The Morgan fingerprint density at radius 1 is 1.15 bits per heavy atom. The summed E-state index contributed by atoms with van der Waals surface area (Å²) in [5.41, 5.74) is 1.55. The number of fused-ring (bicyclic) bond motifs is 1. The molecule has 1 aromatic carbocycles. The van der Waals surface area contributed by atoms with Gasteiger partial charge in [-0.05, 0) is 32.0 Å². The van der Waals surface area contributed by atoms with E-state index in [1.807, 2.05) is 25.1 Å². The maximum absolute atomic E-state index is 12.1. The molecule has 1 N–H and O–H groups in total. The molecule has 3 rings (SSSR count). The Kier molecular flexibility index (Phi) is 7.05. The van der Waals surface area contributed by atoms with Crippen molar-refractivity contribution in [3.05, 3.63) is 23.2 Å². The highest BCUT2D eigenvalue weighted by Crippen LogP contribution is 2.31. The van der Waals surface area contributed by atoms with Gasteiger partial charge in [-0.25, -0.2) is 4.98 Å². The summed E-state index contributed by atoms with van der Waals surface area (Å²) in [4.78, 5) is 28.1. The normalized spacial score (nSPS) is 10.9. The number of carbonyl (C=O) groups is 2. The molecule has 7 nitrogen and oxygen atoms in total. The number of thiazole rings is 1. The molecule has 2 heterocycles. The van der Waals surface area contributed by atoms with Crippen LogP contribution in [0.25, 0.3) is 10.2 Å². The lowest BCUT2D eigenvalue weighted by Crippen LogP contribution is -2.13. The Morgan fingerprint density at radius 3 is 2.70 bits per heavy atom. The minimum atomic E-state index is -0.252. The van der Waals surface area contributed by atoms with Crippen LogP contribution in [0.4, 0.5) is 5.69 Å². The topological polar surface area (TPSA) is 94.1 Å². The number of amides is 1. The number of thioether (sulfide) groups is 2. The van der Waals surface area contributed by atoms with Crippen molar-refractivity contribution in [3.63, 3.8) is 0 Å². The van der Waals surface area contributed by atoms with Crippen LogP contribution < -0.4 is 5.32 Å². The van der Waals surface area contributed by atoms with Crippen molar-refractivity contribution in [3.8, 4) is 0 Å². The first-order valence-electron chi connectivity index (χ1n) is 7.95. The number of anilines is 1. The zero-order valence-electron chi connectivity index (χ0n) is 14.6. The van der Waals surface area contributed by atoms with Crippen LogP contribution in [-0.4, -0.2) is 45.2 Å². The number of hydrogen-bond donors (Lipinski definition) is 1. The van der Waals surface area contributed by atoms with Gasteiger partial charge >= 0.3 is 5.97 Å². The average Bonchev–Trinajstić information content (AvgIpc) is 3.23. The fourth-order valence-corrected chi connectivity index (χ4v) is 5.55. The van der Waals surface area contributed by atoms with E-state index in [9.17, 15) is 9.59 Å². The van der Waals surface area contributed by atoms with E-state index in [4.69, 9.17) is 4.74 Å². The molecule has 11 heteroatoms. The van der Waals surface area contributed by atoms with Gasteiger partial charge in [0.2, 0.25) is 5.91 Å². The van der Waals surface area contributed by atoms with Crippen LogP contribution in [0, 0.1) is 6.92 Å². The van der Waals surface area contributed by atoms with E-state index in [0.29, 0.717) is 12.3 Å². The average molecular weight is 441 g/mol. The van der Waals surface area contributed by atoms with Crippen LogP contribution >= 0.6 is 46.2 Å². The zero-order chi connectivity index (χ0) is 19.2. The number of carbonyl (C=O) groups excluding carboxylic acids is 2. The summed E-state index contributed by atoms with van der Waals surface area (Å²) in [7, 11) is 0. The molecule has 0 saturated carbocycles. The monoisotopic (exact) mass is 440 g/mol. The molecule has 0 radical (unpaired) electrons. The summed E-state index contributed by atoms with van der Waals surface area (Å²) >= 11 is 5.67. The van der Waals surface area contributed by atoms with E-state index >= 15 is 0 Å². The van der Waals surface area contributed by atoms with Crippen LogP contribution in [0.2, 0.25) is 0 Å². The molecule has 0 spiro atoms. The van der Waals surface area contributed by atoms with Gasteiger partial charge in [0, 0.05) is 5.69 Å². The summed E-state index contributed by atoms with van der Waals surface area (Å²) in [5, 5.41) is 11.7. The van der Waals surface area contributed by atoms with E-state index in [-0.39, 0.29) is 23.4 Å². The molecule has 0 saturated heterocycles. The van der Waals surface area contributed by atoms with Gasteiger partial charge in [0.15, 0.2) is 8.68 Å². The predicted octanol–water partition coefficient (Wildman–Crippen LogP) is 3.84. The number of aromatic nitrogens is 3. The molecule has 0 aliphatic carbocycles. The summed E-state index contributed by atoms with van der Waals surface area (Å²) < 4.78 is 7.44. The van der Waals surface area contributed by atoms with Gasteiger partial charge in [0.1, 0.15) is 5.01 Å². The van der Waals surface area contributed by atoms with Crippen LogP contribution in [0.3, 0.4) is 0 Å². The number of hydrogen-bond acceptors (Lipinski definition) is 10. The molecule has 0 fully saturated rings. The maximum atomic E-state index is 12.1. The number of esters is 1. The van der Waals surface area contributed by atoms with Gasteiger partial charge in [-0.15, -0.1) is 21.5 Å². The lowest BCUT2D eigenvalue weighted by atomic mass is 10.3. The Hall–Kier alpha value is -1.69. The molecule has 0 bridgehead atoms. The second kappa shape index (κ2) is 9.49. The highest BCUT2D eigenvalue weighted by Gasteiger charge is 2.11. The first kappa shape index (κ1) is 20.1. The van der Waals surface area contributed by atoms with Gasteiger partial charge in [0.25, 0.3) is 0 Å². The van der Waals surface area contributed by atoms with Crippen molar-refractivity contribution in [2.24, 2.45) is 0 Å². The van der Waals surface area contributed by atoms with Crippen molar-refractivity contribution in [1.29, 1.82) is 0 Å². The number of aryl methyl sites for hydroxylation is 1. The first-order chi connectivity index (χ1) is 13.0. The minimum Gasteiger partial charge on any atom is -0.465 e. The molecule has 0 aliphatic rings. The van der Waals surface area contributed by atoms with E-state index in [2.05, 4.69) is 20.5 Å². The lowest BCUT2D eigenvalue weighted by molar-refractivity contribution is -0.139. The number of nitrogens with one attached hydrogen (secondary N) is 1. The van der Waals surface area contributed by atoms with E-state index < -0.39 is 0 Å². The largest absolute Gasteiger partial charge is 0.465 e. The van der Waals surface area contributed by atoms with Crippen molar-refractivity contribution >= 4 is 74.0 Å². The van der Waals surface area contributed by atoms with Crippen LogP contribution in [0.15, 0.2) is 26.9 Å². The van der Waals surface area contributed by atoms with E-state index in [1.165, 1.54) is 46.2 Å². The highest BCUT2D eigenvalue weighted by molar-refractivity contribution is 8.02. The molecular formula is C16H16N4O3S4. The molecule has 142 valence electrons. The third-order valence-electron chi connectivity index (χ3n) is 3.11. The molecule has 0 atom stereocenters. The van der Waals surface area contributed by atoms with Crippen LogP contribution in [-0.2, 0) is 14.3 Å². The minimum absolute atomic E-state index is 0.103. The second-order valence-corrected chi connectivity index (χ2v) is 9.84. The Morgan fingerprint density at radius 2 is 1.96 bits per heavy atom. The van der Waals surface area contributed by atoms with E-state index in [0.717, 1.165) is 23.9 Å². The van der Waals surface area contributed by atoms with E-state index in [1.54, 1.807) is 6.92 Å². The van der Waals surface area contributed by atoms with Crippen LogP contribution in [0.5, 0.6) is 0 Å². The molecular weight excluding hydrogens is 424 g/mol. The summed E-state index contributed by atoms with van der Waals surface area (Å²) in [6.45, 7) is 4.04. The molecule has 0 unspecified atom stereocenters. The number of benzene rings is 1. The SMILES string of the molecule is CCOC(=O)CSc1nc2ccc(NC(=O)CSc3nnc(C)s3)cc2s1. The Bertz CT molecular complexity index is 956. The summed E-state index contributed by atoms with van der Waals surface area (Å²) in [6, 6.07) is 5.57.